The maximum atomic E-state index is 5.20. The Morgan fingerprint density at radius 1 is 1.32 bits per heavy atom. The van der Waals surface area contributed by atoms with Gasteiger partial charge in [-0.1, -0.05) is 0 Å². The molecule has 1 N–H and O–H groups in total. The van der Waals surface area contributed by atoms with Gasteiger partial charge in [-0.3, -0.25) is 4.90 Å². The van der Waals surface area contributed by atoms with Crippen molar-refractivity contribution in [3.63, 3.8) is 0 Å². The molecule has 0 saturated heterocycles. The predicted molar refractivity (Wildman–Crippen MR) is 74.6 cm³/mol. The molecule has 0 aromatic carbocycles. The van der Waals surface area contributed by atoms with Crippen molar-refractivity contribution in [3.8, 4) is 5.88 Å². The van der Waals surface area contributed by atoms with Crippen molar-refractivity contribution < 1.29 is 4.74 Å². The van der Waals surface area contributed by atoms with Gasteiger partial charge < -0.3 is 9.72 Å². The summed E-state index contributed by atoms with van der Waals surface area (Å²) in [5.41, 5.74) is 4.03. The van der Waals surface area contributed by atoms with E-state index in [2.05, 4.69) is 14.9 Å². The largest absolute Gasteiger partial charge is 0.481 e. The van der Waals surface area contributed by atoms with Crippen LogP contribution in [0.5, 0.6) is 5.88 Å². The molecule has 0 spiro atoms. The van der Waals surface area contributed by atoms with Crippen LogP contribution in [0.2, 0.25) is 0 Å². The third kappa shape index (κ3) is 1.91. The molecule has 0 atom stereocenters. The highest BCUT2D eigenvalue weighted by atomic mass is 16.5. The molecule has 1 saturated carbocycles. The summed E-state index contributed by atoms with van der Waals surface area (Å²) in [7, 11) is 1.66. The standard InChI is InChI=1S/C15H19N3O/c1-19-15-8-14-12(9-16-15)11-4-6-18(10-2-3-10)7-5-13(11)17-14/h8-10,17H,2-7H2,1H3. The molecular formula is C15H19N3O. The lowest BCUT2D eigenvalue weighted by Gasteiger charge is -2.18. The third-order valence-electron chi connectivity index (χ3n) is 4.42. The Labute approximate surface area is 112 Å². The third-order valence-corrected chi connectivity index (χ3v) is 4.42. The van der Waals surface area contributed by atoms with Gasteiger partial charge in [0, 0.05) is 48.9 Å². The fourth-order valence-electron chi connectivity index (χ4n) is 3.22. The Kier molecular flexibility index (Phi) is 2.52. The summed E-state index contributed by atoms with van der Waals surface area (Å²) in [5.74, 6) is 0.684. The van der Waals surface area contributed by atoms with Gasteiger partial charge in [-0.05, 0) is 24.8 Å². The number of aromatic nitrogens is 2. The van der Waals surface area contributed by atoms with Gasteiger partial charge in [0.25, 0.3) is 0 Å². The van der Waals surface area contributed by atoms with Crippen LogP contribution < -0.4 is 4.74 Å². The quantitative estimate of drug-likeness (QED) is 0.896. The second-order valence-corrected chi connectivity index (χ2v) is 5.62. The van der Waals surface area contributed by atoms with Crippen molar-refractivity contribution >= 4 is 10.9 Å². The summed E-state index contributed by atoms with van der Waals surface area (Å²) in [6.07, 6.45) is 7.01. The topological polar surface area (TPSA) is 41.1 Å². The predicted octanol–water partition coefficient (Wildman–Crippen LogP) is 2.13. The van der Waals surface area contributed by atoms with Crippen LogP contribution in [0.25, 0.3) is 10.9 Å². The Morgan fingerprint density at radius 3 is 2.95 bits per heavy atom. The maximum absolute atomic E-state index is 5.20. The summed E-state index contributed by atoms with van der Waals surface area (Å²) in [5, 5.41) is 1.27. The Bertz CT molecular complexity index is 615. The van der Waals surface area contributed by atoms with Crippen LogP contribution in [-0.2, 0) is 12.8 Å². The summed E-state index contributed by atoms with van der Waals surface area (Å²) >= 11 is 0. The van der Waals surface area contributed by atoms with E-state index in [4.69, 9.17) is 4.74 Å². The van der Waals surface area contributed by atoms with E-state index in [0.29, 0.717) is 5.88 Å². The minimum absolute atomic E-state index is 0.684. The number of fused-ring (bicyclic) bond motifs is 3. The van der Waals surface area contributed by atoms with Gasteiger partial charge in [0.05, 0.1) is 12.6 Å². The second-order valence-electron chi connectivity index (χ2n) is 5.62. The summed E-state index contributed by atoms with van der Waals surface area (Å²) < 4.78 is 5.20. The van der Waals surface area contributed by atoms with Crippen molar-refractivity contribution in [1.29, 1.82) is 0 Å². The minimum Gasteiger partial charge on any atom is -0.481 e. The number of rotatable bonds is 2. The molecule has 0 radical (unpaired) electrons. The molecule has 4 heteroatoms. The zero-order valence-corrected chi connectivity index (χ0v) is 11.3. The van der Waals surface area contributed by atoms with E-state index in [0.717, 1.165) is 24.4 Å². The monoisotopic (exact) mass is 257 g/mol. The van der Waals surface area contributed by atoms with Gasteiger partial charge in [-0.25, -0.2) is 4.98 Å². The highest BCUT2D eigenvalue weighted by Gasteiger charge is 2.30. The van der Waals surface area contributed by atoms with E-state index in [-0.39, 0.29) is 0 Å². The molecule has 1 aliphatic carbocycles. The SMILES string of the molecule is COc1cc2[nH]c3c(c2cn1)CCN(C1CC1)CC3. The average molecular weight is 257 g/mol. The highest BCUT2D eigenvalue weighted by Crippen LogP contribution is 2.31. The van der Waals surface area contributed by atoms with Crippen molar-refractivity contribution in [1.82, 2.24) is 14.9 Å². The number of aromatic amines is 1. The molecule has 4 nitrogen and oxygen atoms in total. The van der Waals surface area contributed by atoms with Crippen molar-refractivity contribution in [2.45, 2.75) is 31.7 Å². The Hall–Kier alpha value is -1.55. The smallest absolute Gasteiger partial charge is 0.215 e. The van der Waals surface area contributed by atoms with Crippen LogP contribution in [0.1, 0.15) is 24.1 Å². The zero-order chi connectivity index (χ0) is 12.8. The number of nitrogens with zero attached hydrogens (tertiary/aromatic N) is 2. The van der Waals surface area contributed by atoms with E-state index in [1.54, 1.807) is 7.11 Å². The molecular weight excluding hydrogens is 238 g/mol. The van der Waals surface area contributed by atoms with Crippen LogP contribution in [0, 0.1) is 0 Å². The van der Waals surface area contributed by atoms with Gasteiger partial charge in [-0.2, -0.15) is 0 Å². The number of methoxy groups -OCH3 is 1. The van der Waals surface area contributed by atoms with E-state index in [1.165, 1.54) is 42.6 Å². The van der Waals surface area contributed by atoms with Gasteiger partial charge >= 0.3 is 0 Å². The van der Waals surface area contributed by atoms with Gasteiger partial charge in [-0.15, -0.1) is 0 Å². The van der Waals surface area contributed by atoms with Gasteiger partial charge in [0.2, 0.25) is 5.88 Å². The second kappa shape index (κ2) is 4.23. The first kappa shape index (κ1) is 11.3. The van der Waals surface area contributed by atoms with Crippen molar-refractivity contribution in [2.75, 3.05) is 20.2 Å². The van der Waals surface area contributed by atoms with Gasteiger partial charge in [0.15, 0.2) is 0 Å². The molecule has 100 valence electrons. The van der Waals surface area contributed by atoms with Crippen LogP contribution in [-0.4, -0.2) is 41.1 Å². The molecule has 2 aromatic rings. The minimum atomic E-state index is 0.684. The molecule has 19 heavy (non-hydrogen) atoms. The van der Waals surface area contributed by atoms with E-state index >= 15 is 0 Å². The number of hydrogen-bond acceptors (Lipinski definition) is 3. The maximum Gasteiger partial charge on any atom is 0.215 e. The number of hydrogen-bond donors (Lipinski definition) is 1. The van der Waals surface area contributed by atoms with E-state index in [1.807, 2.05) is 12.3 Å². The van der Waals surface area contributed by atoms with E-state index in [9.17, 15) is 0 Å². The number of nitrogens with one attached hydrogen (secondary N) is 1. The molecule has 2 aliphatic rings. The first-order chi connectivity index (χ1) is 9.35. The summed E-state index contributed by atoms with van der Waals surface area (Å²) in [6, 6.07) is 2.87. The summed E-state index contributed by atoms with van der Waals surface area (Å²) in [4.78, 5) is 10.6. The Morgan fingerprint density at radius 2 is 2.16 bits per heavy atom. The van der Waals surface area contributed by atoms with Crippen molar-refractivity contribution in [3.05, 3.63) is 23.5 Å². The Balaban J connectivity index is 1.70. The zero-order valence-electron chi connectivity index (χ0n) is 11.3. The molecule has 3 heterocycles. The molecule has 1 fully saturated rings. The van der Waals surface area contributed by atoms with Crippen LogP contribution in [0.3, 0.4) is 0 Å². The molecule has 1 aliphatic heterocycles. The fourth-order valence-corrected chi connectivity index (χ4v) is 3.22. The van der Waals surface area contributed by atoms with Crippen LogP contribution in [0.15, 0.2) is 12.3 Å². The summed E-state index contributed by atoms with van der Waals surface area (Å²) in [6.45, 7) is 2.38. The highest BCUT2D eigenvalue weighted by molar-refractivity contribution is 5.84. The number of ether oxygens (including phenoxy) is 1. The normalized spacial score (nSPS) is 20.3. The van der Waals surface area contributed by atoms with Gasteiger partial charge in [0.1, 0.15) is 0 Å². The number of pyridine rings is 1. The molecule has 0 unspecified atom stereocenters. The lowest BCUT2D eigenvalue weighted by Crippen LogP contribution is -2.28. The van der Waals surface area contributed by atoms with Crippen LogP contribution in [0.4, 0.5) is 0 Å². The van der Waals surface area contributed by atoms with E-state index < -0.39 is 0 Å². The first-order valence-corrected chi connectivity index (χ1v) is 7.12. The first-order valence-electron chi connectivity index (χ1n) is 7.12. The molecule has 0 amide bonds. The molecule has 2 aromatic heterocycles. The van der Waals surface area contributed by atoms with Crippen molar-refractivity contribution in [2.24, 2.45) is 0 Å². The fraction of sp³-hybridized carbons (Fsp3) is 0.533. The number of H-pyrrole nitrogens is 1. The van der Waals surface area contributed by atoms with Crippen LogP contribution >= 0.6 is 0 Å². The lowest BCUT2D eigenvalue weighted by molar-refractivity contribution is 0.277. The lowest BCUT2D eigenvalue weighted by atomic mass is 10.1. The average Bonchev–Trinajstić information content (AvgIpc) is 3.23. The molecule has 4 rings (SSSR count). The molecule has 0 bridgehead atoms.